The van der Waals surface area contributed by atoms with E-state index in [0.717, 1.165) is 23.7 Å². The molecule has 1 saturated heterocycles. The monoisotopic (exact) mass is 238 g/mol. The SMILES string of the molecule is Cc1ccsc1NC(=O)CC1CCCNC1. The molecule has 1 unspecified atom stereocenters. The molecule has 1 atom stereocenters. The Balaban J connectivity index is 1.82. The van der Waals surface area contributed by atoms with Crippen molar-refractivity contribution in [2.75, 3.05) is 18.4 Å². The van der Waals surface area contributed by atoms with Gasteiger partial charge in [-0.25, -0.2) is 0 Å². The molecule has 0 aliphatic carbocycles. The Bertz CT molecular complexity index is 356. The predicted molar refractivity (Wildman–Crippen MR) is 67.9 cm³/mol. The molecule has 0 spiro atoms. The van der Waals surface area contributed by atoms with E-state index < -0.39 is 0 Å². The summed E-state index contributed by atoms with van der Waals surface area (Å²) in [5.74, 6) is 0.660. The van der Waals surface area contributed by atoms with Crippen LogP contribution in [-0.4, -0.2) is 19.0 Å². The summed E-state index contributed by atoms with van der Waals surface area (Å²) in [6.45, 7) is 4.10. The van der Waals surface area contributed by atoms with Gasteiger partial charge in [0.2, 0.25) is 5.91 Å². The van der Waals surface area contributed by atoms with E-state index in [1.165, 1.54) is 12.8 Å². The first-order valence-electron chi connectivity index (χ1n) is 5.80. The lowest BCUT2D eigenvalue weighted by Crippen LogP contribution is -2.32. The largest absolute Gasteiger partial charge is 0.317 e. The molecular formula is C12H18N2OS. The lowest BCUT2D eigenvalue weighted by molar-refractivity contribution is -0.117. The Kier molecular flexibility index (Phi) is 3.96. The summed E-state index contributed by atoms with van der Waals surface area (Å²) in [6, 6.07) is 2.03. The zero-order valence-electron chi connectivity index (χ0n) is 9.58. The van der Waals surface area contributed by atoms with Crippen molar-refractivity contribution in [1.29, 1.82) is 0 Å². The van der Waals surface area contributed by atoms with Crippen molar-refractivity contribution >= 4 is 22.2 Å². The van der Waals surface area contributed by atoms with Gasteiger partial charge in [0.1, 0.15) is 0 Å². The summed E-state index contributed by atoms with van der Waals surface area (Å²) in [6.07, 6.45) is 3.00. The lowest BCUT2D eigenvalue weighted by atomic mass is 9.96. The summed E-state index contributed by atoms with van der Waals surface area (Å²) in [5, 5.41) is 9.32. The average Bonchev–Trinajstić information content (AvgIpc) is 2.66. The van der Waals surface area contributed by atoms with Crippen LogP contribution in [0.3, 0.4) is 0 Å². The van der Waals surface area contributed by atoms with Crippen LogP contribution < -0.4 is 10.6 Å². The van der Waals surface area contributed by atoms with Gasteiger partial charge in [-0.1, -0.05) is 0 Å². The van der Waals surface area contributed by atoms with Gasteiger partial charge < -0.3 is 10.6 Å². The number of nitrogens with one attached hydrogen (secondary N) is 2. The minimum Gasteiger partial charge on any atom is -0.317 e. The zero-order chi connectivity index (χ0) is 11.4. The van der Waals surface area contributed by atoms with E-state index in [0.29, 0.717) is 12.3 Å². The Labute approximate surface area is 100 Å². The molecule has 0 radical (unpaired) electrons. The fraction of sp³-hybridized carbons (Fsp3) is 0.583. The third kappa shape index (κ3) is 3.06. The number of aryl methyl sites for hydroxylation is 1. The van der Waals surface area contributed by atoms with Gasteiger partial charge in [-0.3, -0.25) is 4.79 Å². The second-order valence-electron chi connectivity index (χ2n) is 4.40. The molecule has 0 saturated carbocycles. The molecule has 2 N–H and O–H groups in total. The normalized spacial score (nSPS) is 20.7. The van der Waals surface area contributed by atoms with Gasteiger partial charge in [0.15, 0.2) is 0 Å². The first kappa shape index (κ1) is 11.6. The summed E-state index contributed by atoms with van der Waals surface area (Å²) < 4.78 is 0. The van der Waals surface area contributed by atoms with Crippen molar-refractivity contribution in [3.63, 3.8) is 0 Å². The highest BCUT2D eigenvalue weighted by molar-refractivity contribution is 7.14. The van der Waals surface area contributed by atoms with Gasteiger partial charge in [-0.2, -0.15) is 0 Å². The first-order valence-corrected chi connectivity index (χ1v) is 6.68. The van der Waals surface area contributed by atoms with Crippen LogP contribution in [-0.2, 0) is 4.79 Å². The van der Waals surface area contributed by atoms with Crippen LogP contribution in [0.25, 0.3) is 0 Å². The molecule has 1 amide bonds. The Morgan fingerprint density at radius 2 is 2.56 bits per heavy atom. The molecule has 3 nitrogen and oxygen atoms in total. The molecule has 2 rings (SSSR count). The van der Waals surface area contributed by atoms with Crippen LogP contribution in [0.2, 0.25) is 0 Å². The Hall–Kier alpha value is -0.870. The molecule has 1 fully saturated rings. The van der Waals surface area contributed by atoms with E-state index in [1.807, 2.05) is 18.4 Å². The van der Waals surface area contributed by atoms with Crippen LogP contribution in [0.1, 0.15) is 24.8 Å². The molecule has 4 heteroatoms. The number of hydrogen-bond donors (Lipinski definition) is 2. The molecule has 0 bridgehead atoms. The van der Waals surface area contributed by atoms with Crippen molar-refractivity contribution in [1.82, 2.24) is 5.32 Å². The molecule has 1 aromatic rings. The van der Waals surface area contributed by atoms with Gasteiger partial charge in [-0.05, 0) is 55.8 Å². The molecule has 1 aliphatic heterocycles. The van der Waals surface area contributed by atoms with Gasteiger partial charge in [-0.15, -0.1) is 11.3 Å². The van der Waals surface area contributed by atoms with Gasteiger partial charge >= 0.3 is 0 Å². The Morgan fingerprint density at radius 1 is 1.69 bits per heavy atom. The number of carbonyl (C=O) groups is 1. The van der Waals surface area contributed by atoms with E-state index in [4.69, 9.17) is 0 Å². The van der Waals surface area contributed by atoms with Crippen molar-refractivity contribution in [3.8, 4) is 0 Å². The van der Waals surface area contributed by atoms with Gasteiger partial charge in [0.05, 0.1) is 5.00 Å². The molecule has 1 aliphatic rings. The summed E-state index contributed by atoms with van der Waals surface area (Å²) in [7, 11) is 0. The maximum atomic E-state index is 11.8. The van der Waals surface area contributed by atoms with Crippen molar-refractivity contribution in [3.05, 3.63) is 17.0 Å². The van der Waals surface area contributed by atoms with E-state index in [1.54, 1.807) is 11.3 Å². The number of piperidine rings is 1. The standard InChI is InChI=1S/C12H18N2OS/c1-9-4-6-16-12(9)14-11(15)7-10-3-2-5-13-8-10/h4,6,10,13H,2-3,5,7-8H2,1H3,(H,14,15). The minimum atomic E-state index is 0.152. The summed E-state index contributed by atoms with van der Waals surface area (Å²) in [4.78, 5) is 11.8. The van der Waals surface area contributed by atoms with Gasteiger partial charge in [0, 0.05) is 6.42 Å². The van der Waals surface area contributed by atoms with Crippen LogP contribution >= 0.6 is 11.3 Å². The number of carbonyl (C=O) groups excluding carboxylic acids is 1. The van der Waals surface area contributed by atoms with Crippen LogP contribution in [0.4, 0.5) is 5.00 Å². The number of hydrogen-bond acceptors (Lipinski definition) is 3. The lowest BCUT2D eigenvalue weighted by Gasteiger charge is -2.21. The highest BCUT2D eigenvalue weighted by atomic mass is 32.1. The molecule has 16 heavy (non-hydrogen) atoms. The van der Waals surface area contributed by atoms with E-state index >= 15 is 0 Å². The molecule has 1 aromatic heterocycles. The molecule has 88 valence electrons. The maximum Gasteiger partial charge on any atom is 0.225 e. The fourth-order valence-corrected chi connectivity index (χ4v) is 2.87. The molecule has 2 heterocycles. The first-order chi connectivity index (χ1) is 7.75. The number of rotatable bonds is 3. The van der Waals surface area contributed by atoms with Crippen LogP contribution in [0, 0.1) is 12.8 Å². The highest BCUT2D eigenvalue weighted by Crippen LogP contribution is 2.23. The van der Waals surface area contributed by atoms with E-state index in [9.17, 15) is 4.79 Å². The Morgan fingerprint density at radius 3 is 3.19 bits per heavy atom. The second kappa shape index (κ2) is 5.46. The predicted octanol–water partition coefficient (Wildman–Crippen LogP) is 2.38. The topological polar surface area (TPSA) is 41.1 Å². The quantitative estimate of drug-likeness (QED) is 0.849. The summed E-state index contributed by atoms with van der Waals surface area (Å²) >= 11 is 1.59. The molecular weight excluding hydrogens is 220 g/mol. The van der Waals surface area contributed by atoms with Crippen molar-refractivity contribution in [2.45, 2.75) is 26.2 Å². The van der Waals surface area contributed by atoms with E-state index in [2.05, 4.69) is 10.6 Å². The average molecular weight is 238 g/mol. The maximum absolute atomic E-state index is 11.8. The van der Waals surface area contributed by atoms with Gasteiger partial charge in [0.25, 0.3) is 0 Å². The van der Waals surface area contributed by atoms with Crippen LogP contribution in [0.15, 0.2) is 11.4 Å². The number of amides is 1. The molecule has 0 aromatic carbocycles. The highest BCUT2D eigenvalue weighted by Gasteiger charge is 2.17. The van der Waals surface area contributed by atoms with E-state index in [-0.39, 0.29) is 5.91 Å². The minimum absolute atomic E-state index is 0.152. The second-order valence-corrected chi connectivity index (χ2v) is 5.31. The summed E-state index contributed by atoms with van der Waals surface area (Å²) in [5.41, 5.74) is 1.15. The third-order valence-corrected chi connectivity index (χ3v) is 3.92. The smallest absolute Gasteiger partial charge is 0.225 e. The van der Waals surface area contributed by atoms with Crippen molar-refractivity contribution in [2.24, 2.45) is 5.92 Å². The van der Waals surface area contributed by atoms with Crippen molar-refractivity contribution < 1.29 is 4.79 Å². The van der Waals surface area contributed by atoms with Crippen LogP contribution in [0.5, 0.6) is 0 Å². The fourth-order valence-electron chi connectivity index (χ4n) is 2.04. The third-order valence-electron chi connectivity index (χ3n) is 2.99. The number of anilines is 1. The zero-order valence-corrected chi connectivity index (χ0v) is 10.4. The number of thiophene rings is 1.